The van der Waals surface area contributed by atoms with Crippen molar-refractivity contribution in [1.29, 1.82) is 0 Å². The third-order valence-electron chi connectivity index (χ3n) is 2.92. The highest BCUT2D eigenvalue weighted by Crippen LogP contribution is 2.28. The zero-order valence-corrected chi connectivity index (χ0v) is 7.87. The van der Waals surface area contributed by atoms with E-state index in [0.29, 0.717) is 5.92 Å². The minimum atomic E-state index is -0.206. The van der Waals surface area contributed by atoms with E-state index in [-0.39, 0.29) is 12.2 Å². The molecule has 0 saturated heterocycles. The predicted octanol–water partition coefficient (Wildman–Crippen LogP) is 1.70. The van der Waals surface area contributed by atoms with E-state index >= 15 is 0 Å². The lowest BCUT2D eigenvalue weighted by Crippen LogP contribution is -2.27. The lowest BCUT2D eigenvalue weighted by Gasteiger charge is -2.28. The molecule has 2 nitrogen and oxygen atoms in total. The molecule has 0 spiro atoms. The molecule has 12 heavy (non-hydrogen) atoms. The summed E-state index contributed by atoms with van der Waals surface area (Å²) in [6.45, 7) is 1.99. The van der Waals surface area contributed by atoms with Gasteiger partial charge in [-0.05, 0) is 31.6 Å². The first kappa shape index (κ1) is 10.0. The van der Waals surface area contributed by atoms with Gasteiger partial charge in [-0.25, -0.2) is 0 Å². The maximum Gasteiger partial charge on any atom is 0.0569 e. The fourth-order valence-electron chi connectivity index (χ4n) is 1.98. The minimum Gasteiger partial charge on any atom is -0.393 e. The van der Waals surface area contributed by atoms with E-state index in [9.17, 15) is 10.2 Å². The second-order valence-electron chi connectivity index (χ2n) is 3.91. The molecule has 1 aliphatic carbocycles. The van der Waals surface area contributed by atoms with Crippen LogP contribution in [0, 0.1) is 5.92 Å². The van der Waals surface area contributed by atoms with Gasteiger partial charge in [0.2, 0.25) is 0 Å². The van der Waals surface area contributed by atoms with Crippen LogP contribution in [-0.4, -0.2) is 22.4 Å². The Kier molecular flexibility index (Phi) is 4.02. The van der Waals surface area contributed by atoms with E-state index in [4.69, 9.17) is 0 Å². The Labute approximate surface area is 74.6 Å². The van der Waals surface area contributed by atoms with Gasteiger partial charge in [0.05, 0.1) is 12.2 Å². The largest absolute Gasteiger partial charge is 0.393 e. The molecule has 0 aromatic rings. The maximum atomic E-state index is 9.60. The van der Waals surface area contributed by atoms with Crippen molar-refractivity contribution in [1.82, 2.24) is 0 Å². The van der Waals surface area contributed by atoms with E-state index in [1.807, 2.05) is 6.92 Å². The predicted molar refractivity (Wildman–Crippen MR) is 48.9 cm³/mol. The maximum absolute atomic E-state index is 9.60. The Balaban J connectivity index is 2.28. The Bertz CT molecular complexity index is 125. The number of aliphatic hydroxyl groups excluding tert-OH is 2. The third kappa shape index (κ3) is 2.76. The highest BCUT2D eigenvalue weighted by atomic mass is 16.3. The van der Waals surface area contributed by atoms with Gasteiger partial charge in [0.1, 0.15) is 0 Å². The Morgan fingerprint density at radius 3 is 2.58 bits per heavy atom. The Morgan fingerprint density at radius 1 is 1.33 bits per heavy atom. The van der Waals surface area contributed by atoms with Gasteiger partial charge in [-0.2, -0.15) is 0 Å². The first-order valence-corrected chi connectivity index (χ1v) is 5.10. The topological polar surface area (TPSA) is 40.5 Å². The number of hydrogen-bond donors (Lipinski definition) is 2. The summed E-state index contributed by atoms with van der Waals surface area (Å²) in [5.41, 5.74) is 0. The zero-order chi connectivity index (χ0) is 8.97. The van der Waals surface area contributed by atoms with Gasteiger partial charge in [-0.3, -0.25) is 0 Å². The molecule has 1 rings (SSSR count). The van der Waals surface area contributed by atoms with Gasteiger partial charge in [-0.1, -0.05) is 19.8 Å². The molecule has 0 heterocycles. The van der Waals surface area contributed by atoms with Crippen LogP contribution in [0.2, 0.25) is 0 Å². The van der Waals surface area contributed by atoms with Crippen LogP contribution in [0.1, 0.15) is 45.4 Å². The monoisotopic (exact) mass is 172 g/mol. The molecule has 3 atom stereocenters. The highest BCUT2D eigenvalue weighted by Gasteiger charge is 2.24. The molecule has 1 saturated carbocycles. The van der Waals surface area contributed by atoms with Gasteiger partial charge < -0.3 is 10.2 Å². The van der Waals surface area contributed by atoms with Crippen molar-refractivity contribution in [3.05, 3.63) is 0 Å². The number of aliphatic hydroxyl groups is 2. The second-order valence-corrected chi connectivity index (χ2v) is 3.91. The average Bonchev–Trinajstić information content (AvgIpc) is 2.09. The van der Waals surface area contributed by atoms with Crippen LogP contribution in [0.3, 0.4) is 0 Å². The summed E-state index contributed by atoms with van der Waals surface area (Å²) in [7, 11) is 0. The standard InChI is InChI=1S/C10H20O2/c1-2-9(11)7-8-5-3-4-6-10(8)12/h8-12H,2-7H2,1H3. The van der Waals surface area contributed by atoms with E-state index in [1.165, 1.54) is 6.42 Å². The van der Waals surface area contributed by atoms with Crippen LogP contribution < -0.4 is 0 Å². The highest BCUT2D eigenvalue weighted by molar-refractivity contribution is 4.76. The normalized spacial score (nSPS) is 33.2. The molecule has 0 radical (unpaired) electrons. The van der Waals surface area contributed by atoms with E-state index in [2.05, 4.69) is 0 Å². The van der Waals surface area contributed by atoms with Crippen LogP contribution in [0.5, 0.6) is 0 Å². The molecule has 2 heteroatoms. The lowest BCUT2D eigenvalue weighted by atomic mass is 9.82. The molecule has 0 amide bonds. The SMILES string of the molecule is CCC(O)CC1CCCCC1O. The zero-order valence-electron chi connectivity index (χ0n) is 7.87. The van der Waals surface area contributed by atoms with Crippen molar-refractivity contribution in [3.63, 3.8) is 0 Å². The molecule has 0 aliphatic heterocycles. The van der Waals surface area contributed by atoms with E-state index in [0.717, 1.165) is 32.1 Å². The summed E-state index contributed by atoms with van der Waals surface area (Å²) in [5.74, 6) is 0.355. The van der Waals surface area contributed by atoms with Crippen LogP contribution in [0.15, 0.2) is 0 Å². The van der Waals surface area contributed by atoms with Crippen molar-refractivity contribution in [3.8, 4) is 0 Å². The van der Waals surface area contributed by atoms with Crippen molar-refractivity contribution in [2.75, 3.05) is 0 Å². The molecule has 3 unspecified atom stereocenters. The van der Waals surface area contributed by atoms with E-state index in [1.54, 1.807) is 0 Å². The molecular weight excluding hydrogens is 152 g/mol. The fourth-order valence-corrected chi connectivity index (χ4v) is 1.98. The molecule has 0 aromatic heterocycles. The molecule has 1 aliphatic rings. The van der Waals surface area contributed by atoms with Gasteiger partial charge >= 0.3 is 0 Å². The van der Waals surface area contributed by atoms with Crippen LogP contribution in [0.25, 0.3) is 0 Å². The summed E-state index contributed by atoms with van der Waals surface area (Å²) < 4.78 is 0. The molecule has 1 fully saturated rings. The number of hydrogen-bond acceptors (Lipinski definition) is 2. The van der Waals surface area contributed by atoms with Crippen molar-refractivity contribution in [2.24, 2.45) is 5.92 Å². The fraction of sp³-hybridized carbons (Fsp3) is 1.00. The van der Waals surface area contributed by atoms with Gasteiger partial charge in [-0.15, -0.1) is 0 Å². The summed E-state index contributed by atoms with van der Waals surface area (Å²) in [4.78, 5) is 0. The van der Waals surface area contributed by atoms with Gasteiger partial charge in [0.25, 0.3) is 0 Å². The summed E-state index contributed by atoms with van der Waals surface area (Å²) >= 11 is 0. The molecule has 72 valence electrons. The lowest BCUT2D eigenvalue weighted by molar-refractivity contribution is 0.0329. The summed E-state index contributed by atoms with van der Waals surface area (Å²) in [6, 6.07) is 0. The Morgan fingerprint density at radius 2 is 2.00 bits per heavy atom. The number of rotatable bonds is 3. The first-order chi connectivity index (χ1) is 5.74. The molecule has 0 bridgehead atoms. The smallest absolute Gasteiger partial charge is 0.0569 e. The molecule has 0 aromatic carbocycles. The summed E-state index contributed by atoms with van der Waals surface area (Å²) in [6.07, 6.45) is 5.64. The van der Waals surface area contributed by atoms with Crippen molar-refractivity contribution in [2.45, 2.75) is 57.7 Å². The summed E-state index contributed by atoms with van der Waals surface area (Å²) in [5, 5.41) is 19.0. The third-order valence-corrected chi connectivity index (χ3v) is 2.92. The van der Waals surface area contributed by atoms with Crippen molar-refractivity contribution < 1.29 is 10.2 Å². The second kappa shape index (κ2) is 4.83. The first-order valence-electron chi connectivity index (χ1n) is 5.10. The minimum absolute atomic E-state index is 0.153. The Hall–Kier alpha value is -0.0800. The van der Waals surface area contributed by atoms with Gasteiger partial charge in [0, 0.05) is 0 Å². The average molecular weight is 172 g/mol. The quantitative estimate of drug-likeness (QED) is 0.680. The van der Waals surface area contributed by atoms with Crippen LogP contribution >= 0.6 is 0 Å². The van der Waals surface area contributed by atoms with Crippen molar-refractivity contribution >= 4 is 0 Å². The molecule has 2 N–H and O–H groups in total. The van der Waals surface area contributed by atoms with Crippen LogP contribution in [0.4, 0.5) is 0 Å². The van der Waals surface area contributed by atoms with E-state index < -0.39 is 0 Å². The molecular formula is C10H20O2. The van der Waals surface area contributed by atoms with Gasteiger partial charge in [0.15, 0.2) is 0 Å². The van der Waals surface area contributed by atoms with Crippen LogP contribution in [-0.2, 0) is 0 Å².